The van der Waals surface area contributed by atoms with Crippen LogP contribution in [0.15, 0.2) is 47.4 Å². The van der Waals surface area contributed by atoms with E-state index in [1.807, 2.05) is 6.92 Å². The summed E-state index contributed by atoms with van der Waals surface area (Å²) in [6, 6.07) is 10.1. The third-order valence-corrected chi connectivity index (χ3v) is 4.39. The fourth-order valence-corrected chi connectivity index (χ4v) is 3.20. The standard InChI is InChI=1S/C14H12FN3O2S/c1-9-16-12-7-6-10(8-13(12)17-9)18-21(19,20)14-5-3-2-4-11(14)15/h2-8,18H,1H3,(H,16,17). The molecule has 108 valence electrons. The molecule has 0 aliphatic rings. The summed E-state index contributed by atoms with van der Waals surface area (Å²) in [6.07, 6.45) is 0. The number of fused-ring (bicyclic) bond motifs is 1. The Morgan fingerprint density at radius 2 is 1.95 bits per heavy atom. The Bertz CT molecular complexity index is 919. The zero-order valence-electron chi connectivity index (χ0n) is 11.1. The normalized spacial score (nSPS) is 11.7. The van der Waals surface area contributed by atoms with Crippen molar-refractivity contribution >= 4 is 26.7 Å². The third kappa shape index (κ3) is 2.59. The van der Waals surface area contributed by atoms with Crippen molar-refractivity contribution in [3.05, 3.63) is 54.1 Å². The first-order valence-electron chi connectivity index (χ1n) is 6.19. The summed E-state index contributed by atoms with van der Waals surface area (Å²) in [5.41, 5.74) is 1.79. The average Bonchev–Trinajstić information content (AvgIpc) is 2.78. The van der Waals surface area contributed by atoms with Gasteiger partial charge in [-0.1, -0.05) is 12.1 Å². The molecule has 3 rings (SSSR count). The van der Waals surface area contributed by atoms with E-state index >= 15 is 0 Å². The summed E-state index contributed by atoms with van der Waals surface area (Å²) in [7, 11) is -3.97. The van der Waals surface area contributed by atoms with Gasteiger partial charge in [0.1, 0.15) is 16.5 Å². The molecule has 0 aliphatic carbocycles. The van der Waals surface area contributed by atoms with Crippen molar-refractivity contribution in [3.63, 3.8) is 0 Å². The van der Waals surface area contributed by atoms with Crippen LogP contribution < -0.4 is 4.72 Å². The third-order valence-electron chi connectivity index (χ3n) is 2.98. The van der Waals surface area contributed by atoms with E-state index in [0.717, 1.165) is 17.4 Å². The van der Waals surface area contributed by atoms with Gasteiger partial charge in [0, 0.05) is 0 Å². The Morgan fingerprint density at radius 3 is 2.71 bits per heavy atom. The Balaban J connectivity index is 1.99. The molecule has 0 saturated carbocycles. The number of hydrogen-bond donors (Lipinski definition) is 2. The average molecular weight is 305 g/mol. The van der Waals surface area contributed by atoms with Crippen LogP contribution in [0.5, 0.6) is 0 Å². The number of imidazole rings is 1. The molecule has 5 nitrogen and oxygen atoms in total. The molecule has 1 heterocycles. The lowest BCUT2D eigenvalue weighted by Gasteiger charge is -2.08. The van der Waals surface area contributed by atoms with Crippen LogP contribution in [-0.4, -0.2) is 18.4 Å². The molecule has 21 heavy (non-hydrogen) atoms. The Labute approximate surface area is 120 Å². The second-order valence-electron chi connectivity index (χ2n) is 4.59. The number of benzene rings is 2. The predicted octanol–water partition coefficient (Wildman–Crippen LogP) is 2.81. The summed E-state index contributed by atoms with van der Waals surface area (Å²) in [5.74, 6) is -0.0532. The lowest BCUT2D eigenvalue weighted by Crippen LogP contribution is -2.14. The minimum absolute atomic E-state index is 0.342. The molecule has 0 aliphatic heterocycles. The van der Waals surface area contributed by atoms with Crippen LogP contribution >= 0.6 is 0 Å². The van der Waals surface area contributed by atoms with Crippen LogP contribution in [0.2, 0.25) is 0 Å². The van der Waals surface area contributed by atoms with Crippen LogP contribution in [-0.2, 0) is 10.0 Å². The van der Waals surface area contributed by atoms with Crippen LogP contribution in [0, 0.1) is 12.7 Å². The lowest BCUT2D eigenvalue weighted by atomic mass is 10.3. The number of aromatic amines is 1. The Morgan fingerprint density at radius 1 is 1.19 bits per heavy atom. The zero-order valence-corrected chi connectivity index (χ0v) is 11.9. The first-order chi connectivity index (χ1) is 9.95. The summed E-state index contributed by atoms with van der Waals surface area (Å²) in [6.45, 7) is 1.81. The lowest BCUT2D eigenvalue weighted by molar-refractivity contribution is 0.570. The minimum Gasteiger partial charge on any atom is -0.342 e. The smallest absolute Gasteiger partial charge is 0.264 e. The monoisotopic (exact) mass is 305 g/mol. The molecule has 0 atom stereocenters. The highest BCUT2D eigenvalue weighted by atomic mass is 32.2. The molecule has 0 amide bonds. The largest absolute Gasteiger partial charge is 0.342 e. The second-order valence-corrected chi connectivity index (χ2v) is 6.24. The van der Waals surface area contributed by atoms with E-state index in [1.54, 1.807) is 18.2 Å². The van der Waals surface area contributed by atoms with Gasteiger partial charge >= 0.3 is 0 Å². The maximum Gasteiger partial charge on any atom is 0.264 e. The van der Waals surface area contributed by atoms with E-state index in [0.29, 0.717) is 11.2 Å². The number of aryl methyl sites for hydroxylation is 1. The molecule has 0 radical (unpaired) electrons. The quantitative estimate of drug-likeness (QED) is 0.781. The highest BCUT2D eigenvalue weighted by molar-refractivity contribution is 7.92. The van der Waals surface area contributed by atoms with E-state index in [-0.39, 0.29) is 4.90 Å². The molecule has 2 aromatic carbocycles. The molecule has 0 unspecified atom stereocenters. The molecule has 1 aromatic heterocycles. The molecular weight excluding hydrogens is 293 g/mol. The molecular formula is C14H12FN3O2S. The first-order valence-corrected chi connectivity index (χ1v) is 7.68. The molecule has 7 heteroatoms. The van der Waals surface area contributed by atoms with Gasteiger partial charge in [0.15, 0.2) is 0 Å². The van der Waals surface area contributed by atoms with Gasteiger partial charge in [-0.25, -0.2) is 17.8 Å². The van der Waals surface area contributed by atoms with Crippen molar-refractivity contribution in [3.8, 4) is 0 Å². The van der Waals surface area contributed by atoms with Crippen molar-refractivity contribution in [2.24, 2.45) is 0 Å². The molecule has 0 spiro atoms. The predicted molar refractivity (Wildman–Crippen MR) is 78.0 cm³/mol. The first kappa shape index (κ1) is 13.6. The van der Waals surface area contributed by atoms with Gasteiger partial charge in [0.25, 0.3) is 10.0 Å². The number of aromatic nitrogens is 2. The maximum atomic E-state index is 13.6. The van der Waals surface area contributed by atoms with Gasteiger partial charge in [-0.05, 0) is 37.3 Å². The highest BCUT2D eigenvalue weighted by Gasteiger charge is 2.18. The van der Waals surface area contributed by atoms with Crippen LogP contribution in [0.4, 0.5) is 10.1 Å². The summed E-state index contributed by atoms with van der Waals surface area (Å²) >= 11 is 0. The number of hydrogen-bond acceptors (Lipinski definition) is 3. The van der Waals surface area contributed by atoms with Gasteiger partial charge in [-0.2, -0.15) is 0 Å². The number of H-pyrrole nitrogens is 1. The van der Waals surface area contributed by atoms with E-state index < -0.39 is 15.8 Å². The zero-order chi connectivity index (χ0) is 15.0. The SMILES string of the molecule is Cc1nc2ccc(NS(=O)(=O)c3ccccc3F)cc2[nH]1. The van der Waals surface area contributed by atoms with Crippen molar-refractivity contribution < 1.29 is 12.8 Å². The number of nitrogens with one attached hydrogen (secondary N) is 2. The molecule has 0 saturated heterocycles. The molecule has 0 bridgehead atoms. The highest BCUT2D eigenvalue weighted by Crippen LogP contribution is 2.21. The number of rotatable bonds is 3. The van der Waals surface area contributed by atoms with Crippen LogP contribution in [0.25, 0.3) is 11.0 Å². The van der Waals surface area contributed by atoms with Gasteiger partial charge in [0.2, 0.25) is 0 Å². The van der Waals surface area contributed by atoms with Crippen molar-refractivity contribution in [2.45, 2.75) is 11.8 Å². The summed E-state index contributed by atoms with van der Waals surface area (Å²) in [5, 5.41) is 0. The van der Waals surface area contributed by atoms with Gasteiger partial charge in [0.05, 0.1) is 16.7 Å². The van der Waals surface area contributed by atoms with E-state index in [2.05, 4.69) is 14.7 Å². The topological polar surface area (TPSA) is 74.8 Å². The molecule has 3 aromatic rings. The number of sulfonamides is 1. The van der Waals surface area contributed by atoms with Gasteiger partial charge in [-0.15, -0.1) is 0 Å². The molecule has 2 N–H and O–H groups in total. The van der Waals surface area contributed by atoms with E-state index in [1.165, 1.54) is 18.2 Å². The van der Waals surface area contributed by atoms with Crippen LogP contribution in [0.1, 0.15) is 5.82 Å². The second kappa shape index (κ2) is 4.85. The van der Waals surface area contributed by atoms with Gasteiger partial charge in [-0.3, -0.25) is 4.72 Å². The summed E-state index contributed by atoms with van der Waals surface area (Å²) < 4.78 is 40.3. The maximum absolute atomic E-state index is 13.6. The van der Waals surface area contributed by atoms with Crippen LogP contribution in [0.3, 0.4) is 0 Å². The Hall–Kier alpha value is -2.41. The summed E-state index contributed by atoms with van der Waals surface area (Å²) in [4.78, 5) is 6.86. The number of nitrogens with zero attached hydrogens (tertiary/aromatic N) is 1. The van der Waals surface area contributed by atoms with Crippen molar-refractivity contribution in [1.29, 1.82) is 0 Å². The fraction of sp³-hybridized carbons (Fsp3) is 0.0714. The van der Waals surface area contributed by atoms with Gasteiger partial charge < -0.3 is 4.98 Å². The minimum atomic E-state index is -3.97. The van der Waals surface area contributed by atoms with Crippen molar-refractivity contribution in [2.75, 3.05) is 4.72 Å². The number of halogens is 1. The Kier molecular flexibility index (Phi) is 3.13. The fourth-order valence-electron chi connectivity index (χ4n) is 2.07. The van der Waals surface area contributed by atoms with E-state index in [9.17, 15) is 12.8 Å². The molecule has 0 fully saturated rings. The number of anilines is 1. The van der Waals surface area contributed by atoms with E-state index in [4.69, 9.17) is 0 Å². The van der Waals surface area contributed by atoms with Crippen molar-refractivity contribution in [1.82, 2.24) is 9.97 Å².